The van der Waals surface area contributed by atoms with Crippen LogP contribution in [0.1, 0.15) is 25.5 Å². The fraction of sp³-hybridized carbons (Fsp3) is 0.500. The van der Waals surface area contributed by atoms with Crippen LogP contribution < -0.4 is 5.73 Å². The van der Waals surface area contributed by atoms with E-state index >= 15 is 0 Å². The summed E-state index contributed by atoms with van der Waals surface area (Å²) in [7, 11) is 0. The van der Waals surface area contributed by atoms with Crippen molar-refractivity contribution in [3.8, 4) is 0 Å². The van der Waals surface area contributed by atoms with Crippen molar-refractivity contribution in [2.45, 2.75) is 31.2 Å². The molecule has 2 N–H and O–H groups in total. The molecular weight excluding hydrogens is 244 g/mol. The molecule has 0 bridgehead atoms. The second-order valence-electron chi connectivity index (χ2n) is 4.75. The van der Waals surface area contributed by atoms with Gasteiger partial charge in [0.05, 0.1) is 12.1 Å². The summed E-state index contributed by atoms with van der Waals surface area (Å²) in [6.45, 7) is 4.73. The van der Waals surface area contributed by atoms with Gasteiger partial charge >= 0.3 is 0 Å². The Morgan fingerprint density at radius 2 is 2.11 bits per heavy atom. The summed E-state index contributed by atoms with van der Waals surface area (Å²) in [4.78, 5) is 14.2. The van der Waals surface area contributed by atoms with E-state index in [9.17, 15) is 4.79 Å². The van der Waals surface area contributed by atoms with Crippen LogP contribution in [0.5, 0.6) is 0 Å². The molecule has 1 aliphatic heterocycles. The lowest BCUT2D eigenvalue weighted by Gasteiger charge is -2.40. The van der Waals surface area contributed by atoms with E-state index < -0.39 is 6.04 Å². The lowest BCUT2D eigenvalue weighted by molar-refractivity contribution is -0.134. The minimum Gasteiger partial charge on any atom is -0.332 e. The number of thioether (sulfide) groups is 1. The third-order valence-electron chi connectivity index (χ3n) is 3.31. The largest absolute Gasteiger partial charge is 0.332 e. The van der Waals surface area contributed by atoms with Crippen molar-refractivity contribution in [1.82, 2.24) is 4.90 Å². The number of nitrogens with two attached hydrogens (primary N) is 1. The van der Waals surface area contributed by atoms with Crippen molar-refractivity contribution < 1.29 is 4.79 Å². The highest BCUT2D eigenvalue weighted by atomic mass is 32.2. The number of carbonyl (C=O) groups excluding carboxylic acids is 1. The number of rotatable bonds is 2. The van der Waals surface area contributed by atoms with E-state index in [1.165, 1.54) is 5.56 Å². The van der Waals surface area contributed by atoms with Gasteiger partial charge in [-0.05, 0) is 12.5 Å². The third kappa shape index (κ3) is 2.70. The molecule has 1 heterocycles. The van der Waals surface area contributed by atoms with Crippen LogP contribution in [0, 0.1) is 0 Å². The van der Waals surface area contributed by atoms with E-state index in [2.05, 4.69) is 19.1 Å². The number of nitrogens with zero attached hydrogens (tertiary/aromatic N) is 1. The van der Waals surface area contributed by atoms with Crippen LogP contribution in [0.3, 0.4) is 0 Å². The van der Waals surface area contributed by atoms with E-state index in [4.69, 9.17) is 5.73 Å². The molecule has 0 saturated carbocycles. The molecular formula is C14H20N2OS. The first kappa shape index (κ1) is 13.4. The van der Waals surface area contributed by atoms with Crippen LogP contribution in [-0.4, -0.2) is 34.4 Å². The summed E-state index contributed by atoms with van der Waals surface area (Å²) in [5.74, 6) is 1.04. The van der Waals surface area contributed by atoms with Crippen LogP contribution in [-0.2, 0) is 4.79 Å². The highest BCUT2D eigenvalue weighted by Crippen LogP contribution is 2.36. The topological polar surface area (TPSA) is 46.3 Å². The van der Waals surface area contributed by atoms with Gasteiger partial charge in [-0.25, -0.2) is 0 Å². The standard InChI is InChI=1S/C14H20N2OS/c1-10(15)14(17)16-8-9-18-11(2)13(16)12-6-4-3-5-7-12/h3-7,10-11,13H,8-9,15H2,1-2H3/t10-,11?,13?/m0/s1. The van der Waals surface area contributed by atoms with Gasteiger partial charge in [0.1, 0.15) is 0 Å². The molecule has 0 spiro atoms. The van der Waals surface area contributed by atoms with Gasteiger partial charge < -0.3 is 10.6 Å². The second-order valence-corrected chi connectivity index (χ2v) is 6.24. The van der Waals surface area contributed by atoms with Gasteiger partial charge in [-0.1, -0.05) is 37.3 Å². The minimum absolute atomic E-state index is 0.0519. The van der Waals surface area contributed by atoms with Crippen LogP contribution >= 0.6 is 11.8 Å². The quantitative estimate of drug-likeness (QED) is 0.889. The number of hydrogen-bond acceptors (Lipinski definition) is 3. The highest BCUT2D eigenvalue weighted by Gasteiger charge is 2.34. The van der Waals surface area contributed by atoms with E-state index in [-0.39, 0.29) is 11.9 Å². The predicted molar refractivity (Wildman–Crippen MR) is 76.5 cm³/mol. The van der Waals surface area contributed by atoms with Crippen LogP contribution in [0.4, 0.5) is 0 Å². The maximum Gasteiger partial charge on any atom is 0.239 e. The zero-order valence-electron chi connectivity index (χ0n) is 10.9. The van der Waals surface area contributed by atoms with Crippen molar-refractivity contribution >= 4 is 17.7 Å². The Balaban J connectivity index is 2.29. The maximum atomic E-state index is 12.2. The van der Waals surface area contributed by atoms with Crippen LogP contribution in [0.15, 0.2) is 30.3 Å². The van der Waals surface area contributed by atoms with Gasteiger partial charge in [0.25, 0.3) is 0 Å². The molecule has 1 aromatic rings. The summed E-state index contributed by atoms with van der Waals surface area (Å²) >= 11 is 1.92. The molecule has 4 heteroatoms. The molecule has 0 aliphatic carbocycles. The summed E-state index contributed by atoms with van der Waals surface area (Å²) in [5, 5.41) is 0.406. The molecule has 18 heavy (non-hydrogen) atoms. The zero-order chi connectivity index (χ0) is 13.1. The van der Waals surface area contributed by atoms with Crippen molar-refractivity contribution in [2.75, 3.05) is 12.3 Å². The average molecular weight is 264 g/mol. The monoisotopic (exact) mass is 264 g/mol. The zero-order valence-corrected chi connectivity index (χ0v) is 11.7. The number of carbonyl (C=O) groups is 1. The molecule has 98 valence electrons. The minimum atomic E-state index is -0.425. The Labute approximate surface area is 113 Å². The van der Waals surface area contributed by atoms with Crippen molar-refractivity contribution in [3.05, 3.63) is 35.9 Å². The van der Waals surface area contributed by atoms with E-state index in [0.717, 1.165) is 12.3 Å². The van der Waals surface area contributed by atoms with Crippen LogP contribution in [0.2, 0.25) is 0 Å². The highest BCUT2D eigenvalue weighted by molar-refractivity contribution is 8.00. The Morgan fingerprint density at radius 1 is 1.44 bits per heavy atom. The van der Waals surface area contributed by atoms with Gasteiger partial charge in [-0.2, -0.15) is 11.8 Å². The third-order valence-corrected chi connectivity index (χ3v) is 4.51. The first-order valence-corrected chi connectivity index (χ1v) is 7.38. The first-order chi connectivity index (χ1) is 8.61. The molecule has 0 radical (unpaired) electrons. The van der Waals surface area contributed by atoms with Crippen LogP contribution in [0.25, 0.3) is 0 Å². The summed E-state index contributed by atoms with van der Waals surface area (Å²) in [6.07, 6.45) is 0. The Bertz CT molecular complexity index is 408. The molecule has 1 saturated heterocycles. The summed E-state index contributed by atoms with van der Waals surface area (Å²) in [6, 6.07) is 9.95. The smallest absolute Gasteiger partial charge is 0.239 e. The maximum absolute atomic E-state index is 12.2. The predicted octanol–water partition coefficient (Wildman–Crippen LogP) is 2.04. The van der Waals surface area contributed by atoms with Gasteiger partial charge in [0, 0.05) is 17.5 Å². The number of hydrogen-bond donors (Lipinski definition) is 1. The molecule has 2 rings (SSSR count). The van der Waals surface area contributed by atoms with Crippen molar-refractivity contribution in [1.29, 1.82) is 0 Å². The lowest BCUT2D eigenvalue weighted by atomic mass is 10.0. The normalized spacial score (nSPS) is 25.8. The molecule has 1 aromatic carbocycles. The molecule has 0 aromatic heterocycles. The number of benzene rings is 1. The van der Waals surface area contributed by atoms with Gasteiger partial charge in [0.2, 0.25) is 5.91 Å². The molecule has 1 fully saturated rings. The SMILES string of the molecule is CC1SCCN(C(=O)[C@H](C)N)C1c1ccccc1. The fourth-order valence-corrected chi connectivity index (χ4v) is 3.59. The van der Waals surface area contributed by atoms with E-state index in [0.29, 0.717) is 5.25 Å². The Morgan fingerprint density at radius 3 is 2.72 bits per heavy atom. The van der Waals surface area contributed by atoms with Gasteiger partial charge in [-0.3, -0.25) is 4.79 Å². The lowest BCUT2D eigenvalue weighted by Crippen LogP contribution is -2.49. The number of amides is 1. The molecule has 3 nitrogen and oxygen atoms in total. The second kappa shape index (κ2) is 5.76. The Hall–Kier alpha value is -1.00. The molecule has 1 amide bonds. The molecule has 2 unspecified atom stereocenters. The van der Waals surface area contributed by atoms with Gasteiger partial charge in [0.15, 0.2) is 0 Å². The van der Waals surface area contributed by atoms with Crippen molar-refractivity contribution in [3.63, 3.8) is 0 Å². The fourth-order valence-electron chi connectivity index (χ4n) is 2.43. The van der Waals surface area contributed by atoms with Crippen molar-refractivity contribution in [2.24, 2.45) is 5.73 Å². The summed E-state index contributed by atoms with van der Waals surface area (Å²) < 4.78 is 0. The van der Waals surface area contributed by atoms with E-state index in [1.807, 2.05) is 34.9 Å². The van der Waals surface area contributed by atoms with E-state index in [1.54, 1.807) is 6.92 Å². The van der Waals surface area contributed by atoms with Gasteiger partial charge in [-0.15, -0.1) is 0 Å². The first-order valence-electron chi connectivity index (χ1n) is 6.34. The Kier molecular flexibility index (Phi) is 4.30. The average Bonchev–Trinajstić information content (AvgIpc) is 2.38. The molecule has 3 atom stereocenters. The molecule has 1 aliphatic rings. The summed E-state index contributed by atoms with van der Waals surface area (Å²) in [5.41, 5.74) is 6.95.